The Hall–Kier alpha value is -0.890. The summed E-state index contributed by atoms with van der Waals surface area (Å²) in [6.07, 6.45) is 6.04. The molecule has 0 amide bonds. The Labute approximate surface area is 95.8 Å². The predicted molar refractivity (Wildman–Crippen MR) is 63.0 cm³/mol. The lowest BCUT2D eigenvalue weighted by Gasteiger charge is -2.31. The molecule has 3 rings (SSSR count). The highest BCUT2D eigenvalue weighted by Crippen LogP contribution is 2.58. The van der Waals surface area contributed by atoms with Gasteiger partial charge in [-0.2, -0.15) is 0 Å². The lowest BCUT2D eigenvalue weighted by Crippen LogP contribution is -2.21. The summed E-state index contributed by atoms with van der Waals surface area (Å²) in [6, 6.07) is 5.37. The van der Waals surface area contributed by atoms with Crippen LogP contribution in [0.25, 0.3) is 0 Å². The quantitative estimate of drug-likeness (QED) is 0.812. The Bertz CT molecular complexity index is 409. The second-order valence-corrected chi connectivity index (χ2v) is 5.32. The molecule has 1 fully saturated rings. The van der Waals surface area contributed by atoms with Crippen LogP contribution in [0.1, 0.15) is 49.1 Å². The summed E-state index contributed by atoms with van der Waals surface area (Å²) >= 11 is 0. The van der Waals surface area contributed by atoms with E-state index in [1.165, 1.54) is 36.8 Å². The Balaban J connectivity index is 2.04. The molecule has 0 saturated heterocycles. The third-order valence-corrected chi connectivity index (χ3v) is 4.36. The van der Waals surface area contributed by atoms with Crippen molar-refractivity contribution >= 4 is 0 Å². The highest BCUT2D eigenvalue weighted by Gasteiger charge is 2.48. The van der Waals surface area contributed by atoms with Crippen LogP contribution in [-0.2, 0) is 5.41 Å². The highest BCUT2D eigenvalue weighted by atomic mass is 19.1. The maximum absolute atomic E-state index is 13.3. The summed E-state index contributed by atoms with van der Waals surface area (Å²) < 4.78 is 13.3. The molecule has 0 bridgehead atoms. The van der Waals surface area contributed by atoms with Crippen molar-refractivity contribution in [3.05, 3.63) is 35.1 Å². The van der Waals surface area contributed by atoms with E-state index in [9.17, 15) is 4.39 Å². The van der Waals surface area contributed by atoms with Crippen molar-refractivity contribution < 1.29 is 4.39 Å². The molecule has 2 N–H and O–H groups in total. The van der Waals surface area contributed by atoms with Crippen LogP contribution >= 0.6 is 0 Å². The summed E-state index contributed by atoms with van der Waals surface area (Å²) in [5.74, 6) is 0.389. The van der Waals surface area contributed by atoms with E-state index >= 15 is 0 Å². The van der Waals surface area contributed by atoms with Gasteiger partial charge in [-0.05, 0) is 73.2 Å². The average molecular weight is 219 g/mol. The zero-order valence-corrected chi connectivity index (χ0v) is 9.51. The molecule has 2 aliphatic carbocycles. The molecule has 1 unspecified atom stereocenters. The first kappa shape index (κ1) is 10.3. The molecular weight excluding hydrogens is 201 g/mol. The van der Waals surface area contributed by atoms with Gasteiger partial charge in [0.05, 0.1) is 0 Å². The van der Waals surface area contributed by atoms with E-state index < -0.39 is 0 Å². The summed E-state index contributed by atoms with van der Waals surface area (Å²) in [7, 11) is 0. The standard InChI is InChI=1S/C14H18FN/c15-11-1-2-13-12(9-11)10(4-8-16)3-5-14(13)6-7-14/h1-2,9-10H,3-8,16H2. The summed E-state index contributed by atoms with van der Waals surface area (Å²) in [5, 5.41) is 0. The fourth-order valence-electron chi connectivity index (χ4n) is 3.27. The van der Waals surface area contributed by atoms with Crippen LogP contribution in [0.4, 0.5) is 4.39 Å². The van der Waals surface area contributed by atoms with Crippen LogP contribution in [-0.4, -0.2) is 6.54 Å². The molecular formula is C14H18FN. The molecule has 0 aliphatic heterocycles. The minimum absolute atomic E-state index is 0.0986. The van der Waals surface area contributed by atoms with Crippen molar-refractivity contribution in [2.75, 3.05) is 6.54 Å². The summed E-state index contributed by atoms with van der Waals surface area (Å²) in [5.41, 5.74) is 8.73. The van der Waals surface area contributed by atoms with E-state index in [4.69, 9.17) is 5.73 Å². The number of nitrogens with two attached hydrogens (primary N) is 1. The fourth-order valence-corrected chi connectivity index (χ4v) is 3.27. The van der Waals surface area contributed by atoms with Gasteiger partial charge in [0.1, 0.15) is 5.82 Å². The molecule has 16 heavy (non-hydrogen) atoms. The lowest BCUT2D eigenvalue weighted by atomic mass is 9.73. The van der Waals surface area contributed by atoms with Gasteiger partial charge in [-0.1, -0.05) is 6.07 Å². The molecule has 0 heterocycles. The van der Waals surface area contributed by atoms with E-state index in [2.05, 4.69) is 0 Å². The van der Waals surface area contributed by atoms with Crippen LogP contribution in [0.2, 0.25) is 0 Å². The SMILES string of the molecule is NCCC1CCC2(CC2)c2ccc(F)cc21. The van der Waals surface area contributed by atoms with E-state index in [-0.39, 0.29) is 5.82 Å². The smallest absolute Gasteiger partial charge is 0.123 e. The molecule has 0 aromatic heterocycles. The molecule has 0 radical (unpaired) electrons. The lowest BCUT2D eigenvalue weighted by molar-refractivity contribution is 0.451. The zero-order chi connectivity index (χ0) is 11.2. The van der Waals surface area contributed by atoms with Crippen molar-refractivity contribution in [3.63, 3.8) is 0 Å². The molecule has 1 nitrogen and oxygen atoms in total. The number of benzene rings is 1. The van der Waals surface area contributed by atoms with Crippen molar-refractivity contribution in [2.24, 2.45) is 5.73 Å². The molecule has 1 atom stereocenters. The van der Waals surface area contributed by atoms with Crippen molar-refractivity contribution in [1.29, 1.82) is 0 Å². The van der Waals surface area contributed by atoms with Crippen molar-refractivity contribution in [3.8, 4) is 0 Å². The van der Waals surface area contributed by atoms with Crippen LogP contribution in [0.5, 0.6) is 0 Å². The largest absolute Gasteiger partial charge is 0.330 e. The van der Waals surface area contributed by atoms with Crippen molar-refractivity contribution in [2.45, 2.75) is 43.4 Å². The van der Waals surface area contributed by atoms with E-state index in [0.29, 0.717) is 17.9 Å². The number of halogens is 1. The number of hydrogen-bond acceptors (Lipinski definition) is 1. The van der Waals surface area contributed by atoms with Crippen LogP contribution in [0.15, 0.2) is 18.2 Å². The average Bonchev–Trinajstić information content (AvgIpc) is 3.04. The predicted octanol–water partition coefficient (Wildman–Crippen LogP) is 3.08. The van der Waals surface area contributed by atoms with Gasteiger partial charge in [-0.15, -0.1) is 0 Å². The first-order chi connectivity index (χ1) is 7.75. The normalized spacial score (nSPS) is 25.5. The van der Waals surface area contributed by atoms with Gasteiger partial charge in [0.25, 0.3) is 0 Å². The second kappa shape index (κ2) is 3.56. The topological polar surface area (TPSA) is 26.0 Å². The Morgan fingerprint density at radius 2 is 2.12 bits per heavy atom. The molecule has 1 aromatic carbocycles. The Kier molecular flexibility index (Phi) is 2.28. The zero-order valence-electron chi connectivity index (χ0n) is 9.51. The van der Waals surface area contributed by atoms with Gasteiger partial charge in [0.2, 0.25) is 0 Å². The number of fused-ring (bicyclic) bond motifs is 2. The third kappa shape index (κ3) is 1.47. The Morgan fingerprint density at radius 1 is 1.31 bits per heavy atom. The monoisotopic (exact) mass is 219 g/mol. The first-order valence-corrected chi connectivity index (χ1v) is 6.25. The molecule has 2 heteroatoms. The van der Waals surface area contributed by atoms with E-state index in [1.807, 2.05) is 6.07 Å². The summed E-state index contributed by atoms with van der Waals surface area (Å²) in [4.78, 5) is 0. The maximum Gasteiger partial charge on any atom is 0.123 e. The molecule has 86 valence electrons. The fraction of sp³-hybridized carbons (Fsp3) is 0.571. The van der Waals surface area contributed by atoms with Gasteiger partial charge < -0.3 is 5.73 Å². The second-order valence-electron chi connectivity index (χ2n) is 5.32. The van der Waals surface area contributed by atoms with Crippen LogP contribution < -0.4 is 5.73 Å². The van der Waals surface area contributed by atoms with E-state index in [1.54, 1.807) is 12.1 Å². The van der Waals surface area contributed by atoms with Gasteiger partial charge in [-0.3, -0.25) is 0 Å². The number of hydrogen-bond donors (Lipinski definition) is 1. The van der Waals surface area contributed by atoms with Crippen molar-refractivity contribution in [1.82, 2.24) is 0 Å². The van der Waals surface area contributed by atoms with Crippen LogP contribution in [0, 0.1) is 5.82 Å². The molecule has 2 aliphatic rings. The van der Waals surface area contributed by atoms with E-state index in [0.717, 1.165) is 6.42 Å². The minimum Gasteiger partial charge on any atom is -0.330 e. The maximum atomic E-state index is 13.3. The van der Waals surface area contributed by atoms with Gasteiger partial charge in [0, 0.05) is 0 Å². The third-order valence-electron chi connectivity index (χ3n) is 4.36. The summed E-state index contributed by atoms with van der Waals surface area (Å²) in [6.45, 7) is 0.702. The van der Waals surface area contributed by atoms with Crippen LogP contribution in [0.3, 0.4) is 0 Å². The minimum atomic E-state index is -0.0986. The molecule has 1 saturated carbocycles. The Morgan fingerprint density at radius 3 is 2.81 bits per heavy atom. The van der Waals surface area contributed by atoms with Gasteiger partial charge >= 0.3 is 0 Å². The molecule has 1 aromatic rings. The highest BCUT2D eigenvalue weighted by molar-refractivity contribution is 5.43. The molecule has 1 spiro atoms. The first-order valence-electron chi connectivity index (χ1n) is 6.25. The van der Waals surface area contributed by atoms with Gasteiger partial charge in [0.15, 0.2) is 0 Å². The number of rotatable bonds is 2. The van der Waals surface area contributed by atoms with Gasteiger partial charge in [-0.25, -0.2) is 4.39 Å².